The summed E-state index contributed by atoms with van der Waals surface area (Å²) >= 11 is 0. The molecule has 1 aliphatic carbocycles. The van der Waals surface area contributed by atoms with Gasteiger partial charge in [0.05, 0.1) is 6.04 Å². The first-order valence-electron chi connectivity index (χ1n) is 9.98. The number of carbonyl (C=O) groups is 3. The highest BCUT2D eigenvalue weighted by Crippen LogP contribution is 2.33. The Labute approximate surface area is 176 Å². The van der Waals surface area contributed by atoms with E-state index in [1.54, 1.807) is 36.2 Å². The maximum absolute atomic E-state index is 12.5. The van der Waals surface area contributed by atoms with Crippen LogP contribution in [0.15, 0.2) is 54.6 Å². The van der Waals surface area contributed by atoms with Gasteiger partial charge < -0.3 is 19.7 Å². The molecule has 2 aromatic carbocycles. The molecule has 0 saturated heterocycles. The molecule has 2 amide bonds. The van der Waals surface area contributed by atoms with E-state index in [-0.39, 0.29) is 31.7 Å². The van der Waals surface area contributed by atoms with Crippen LogP contribution in [0.2, 0.25) is 0 Å². The number of amides is 2. The van der Waals surface area contributed by atoms with Crippen LogP contribution in [0.4, 0.5) is 0 Å². The van der Waals surface area contributed by atoms with E-state index in [0.717, 1.165) is 24.8 Å². The van der Waals surface area contributed by atoms with E-state index in [1.807, 2.05) is 24.3 Å². The van der Waals surface area contributed by atoms with Crippen molar-refractivity contribution in [2.24, 2.45) is 0 Å². The lowest BCUT2D eigenvalue weighted by Gasteiger charge is -2.33. The third-order valence-corrected chi connectivity index (χ3v) is 5.10. The molecule has 0 aliphatic heterocycles. The van der Waals surface area contributed by atoms with Gasteiger partial charge in [-0.15, -0.1) is 0 Å². The van der Waals surface area contributed by atoms with Crippen LogP contribution in [0.25, 0.3) is 0 Å². The van der Waals surface area contributed by atoms with Crippen LogP contribution in [-0.2, 0) is 25.5 Å². The maximum atomic E-state index is 12.5. The molecular weight excluding hydrogens is 384 g/mol. The summed E-state index contributed by atoms with van der Waals surface area (Å²) in [5.41, 5.74) is 2.41. The highest BCUT2D eigenvalue weighted by Gasteiger charge is 2.26. The van der Waals surface area contributed by atoms with Crippen LogP contribution in [0.3, 0.4) is 0 Å². The van der Waals surface area contributed by atoms with Gasteiger partial charge in [-0.2, -0.15) is 0 Å². The van der Waals surface area contributed by atoms with Crippen LogP contribution < -0.4 is 10.1 Å². The number of rotatable bonds is 8. The molecule has 1 N–H and O–H groups in total. The van der Waals surface area contributed by atoms with Gasteiger partial charge in [-0.25, -0.2) is 0 Å². The molecule has 0 heterocycles. The number of hydrogen-bond donors (Lipinski definition) is 1. The Morgan fingerprint density at radius 2 is 1.77 bits per heavy atom. The Morgan fingerprint density at radius 3 is 2.57 bits per heavy atom. The molecule has 0 radical (unpaired) electrons. The quantitative estimate of drug-likeness (QED) is 0.675. The predicted octanol–water partition coefficient (Wildman–Crippen LogP) is 2.26. The first kappa shape index (κ1) is 21.4. The molecule has 1 unspecified atom stereocenters. The van der Waals surface area contributed by atoms with Gasteiger partial charge in [-0.3, -0.25) is 14.4 Å². The second-order valence-corrected chi connectivity index (χ2v) is 7.15. The van der Waals surface area contributed by atoms with Gasteiger partial charge in [0, 0.05) is 7.05 Å². The summed E-state index contributed by atoms with van der Waals surface area (Å²) in [7, 11) is 1.73. The van der Waals surface area contributed by atoms with E-state index in [2.05, 4.69) is 11.4 Å². The van der Waals surface area contributed by atoms with Crippen molar-refractivity contribution in [2.75, 3.05) is 26.8 Å². The zero-order valence-electron chi connectivity index (χ0n) is 17.0. The third-order valence-electron chi connectivity index (χ3n) is 5.10. The van der Waals surface area contributed by atoms with E-state index >= 15 is 0 Å². The number of hydrogen-bond acceptors (Lipinski definition) is 5. The third kappa shape index (κ3) is 5.83. The number of para-hydroxylation sites is 1. The van der Waals surface area contributed by atoms with Crippen LogP contribution in [-0.4, -0.2) is 49.5 Å². The fraction of sp³-hybridized carbons (Fsp3) is 0.348. The number of fused-ring (bicyclic) bond motifs is 1. The van der Waals surface area contributed by atoms with E-state index in [4.69, 9.17) is 9.47 Å². The second-order valence-electron chi connectivity index (χ2n) is 7.15. The van der Waals surface area contributed by atoms with Gasteiger partial charge in [0.15, 0.2) is 13.2 Å². The number of benzene rings is 2. The molecule has 0 fully saturated rings. The highest BCUT2D eigenvalue weighted by atomic mass is 16.5. The zero-order valence-corrected chi connectivity index (χ0v) is 17.0. The summed E-state index contributed by atoms with van der Waals surface area (Å²) in [5.74, 6) is -0.830. The van der Waals surface area contributed by atoms with Crippen molar-refractivity contribution in [3.63, 3.8) is 0 Å². The van der Waals surface area contributed by atoms with E-state index in [9.17, 15) is 14.4 Å². The summed E-state index contributed by atoms with van der Waals surface area (Å²) < 4.78 is 10.3. The van der Waals surface area contributed by atoms with Crippen molar-refractivity contribution in [3.05, 3.63) is 65.7 Å². The summed E-state index contributed by atoms with van der Waals surface area (Å²) in [6.07, 6.45) is 2.90. The number of likely N-dealkylation sites (N-methyl/N-ethyl adjacent to an activating group) is 1. The monoisotopic (exact) mass is 410 g/mol. The minimum atomic E-state index is -0.672. The molecular formula is C23H26N2O5. The highest BCUT2D eigenvalue weighted by molar-refractivity contribution is 5.85. The smallest absolute Gasteiger partial charge is 0.325 e. The number of nitrogens with one attached hydrogen (secondary N) is 1. The van der Waals surface area contributed by atoms with Crippen molar-refractivity contribution in [2.45, 2.75) is 25.3 Å². The number of carbonyl (C=O) groups excluding carboxylic acids is 3. The second kappa shape index (κ2) is 10.4. The van der Waals surface area contributed by atoms with Crippen molar-refractivity contribution < 1.29 is 23.9 Å². The number of nitrogens with zero attached hydrogens (tertiary/aromatic N) is 1. The van der Waals surface area contributed by atoms with Crippen LogP contribution in [0.1, 0.15) is 30.0 Å². The Bertz CT molecular complexity index is 884. The standard InChI is InChI=1S/C23H26N2O5/c1-25(20-13-7-9-17-8-5-6-12-19(17)20)22(27)16-30-23(28)14-24-21(26)15-29-18-10-3-2-4-11-18/h2-6,8,10-12,20H,7,9,13-16H2,1H3,(H,24,26). The summed E-state index contributed by atoms with van der Waals surface area (Å²) in [4.78, 5) is 37.8. The molecule has 158 valence electrons. The molecule has 0 spiro atoms. The average molecular weight is 410 g/mol. The summed E-state index contributed by atoms with van der Waals surface area (Å²) in [6, 6.07) is 17.0. The molecule has 2 aromatic rings. The lowest BCUT2D eigenvalue weighted by Crippen LogP contribution is -2.38. The fourth-order valence-electron chi connectivity index (χ4n) is 3.49. The van der Waals surface area contributed by atoms with Gasteiger partial charge in [-0.1, -0.05) is 42.5 Å². The zero-order chi connectivity index (χ0) is 21.3. The Balaban J connectivity index is 1.39. The van der Waals surface area contributed by atoms with Gasteiger partial charge in [0.25, 0.3) is 11.8 Å². The summed E-state index contributed by atoms with van der Waals surface area (Å²) in [5, 5.41) is 2.42. The Morgan fingerprint density at radius 1 is 1.03 bits per heavy atom. The number of aryl methyl sites for hydroxylation is 1. The molecule has 0 bridgehead atoms. The van der Waals surface area contributed by atoms with Crippen molar-refractivity contribution in [1.29, 1.82) is 0 Å². The molecule has 7 nitrogen and oxygen atoms in total. The normalized spacial score (nSPS) is 14.9. The van der Waals surface area contributed by atoms with E-state index < -0.39 is 11.9 Å². The molecule has 30 heavy (non-hydrogen) atoms. The minimum absolute atomic E-state index is 0.0176. The SMILES string of the molecule is CN(C(=O)COC(=O)CNC(=O)COc1ccccc1)C1CCCc2ccccc21. The largest absolute Gasteiger partial charge is 0.484 e. The molecule has 3 rings (SSSR count). The van der Waals surface area contributed by atoms with Crippen LogP contribution in [0.5, 0.6) is 5.75 Å². The fourth-order valence-corrected chi connectivity index (χ4v) is 3.49. The van der Waals surface area contributed by atoms with Crippen LogP contribution in [0, 0.1) is 0 Å². The number of esters is 1. The Kier molecular flexibility index (Phi) is 7.43. The van der Waals surface area contributed by atoms with Crippen LogP contribution >= 0.6 is 0 Å². The van der Waals surface area contributed by atoms with E-state index in [0.29, 0.717) is 5.75 Å². The molecule has 0 aromatic heterocycles. The minimum Gasteiger partial charge on any atom is -0.484 e. The molecule has 7 heteroatoms. The lowest BCUT2D eigenvalue weighted by molar-refractivity contribution is -0.152. The molecule has 1 atom stereocenters. The Hall–Kier alpha value is -3.35. The van der Waals surface area contributed by atoms with Gasteiger partial charge >= 0.3 is 5.97 Å². The van der Waals surface area contributed by atoms with Crippen molar-refractivity contribution in [3.8, 4) is 5.75 Å². The topological polar surface area (TPSA) is 84.9 Å². The molecule has 1 aliphatic rings. The average Bonchev–Trinajstić information content (AvgIpc) is 2.79. The molecule has 0 saturated carbocycles. The van der Waals surface area contributed by atoms with Crippen molar-refractivity contribution >= 4 is 17.8 Å². The maximum Gasteiger partial charge on any atom is 0.325 e. The van der Waals surface area contributed by atoms with Gasteiger partial charge in [0.2, 0.25) is 0 Å². The summed E-state index contributed by atoms with van der Waals surface area (Å²) in [6.45, 7) is -0.884. The lowest BCUT2D eigenvalue weighted by atomic mass is 9.87. The first-order chi connectivity index (χ1) is 14.5. The van der Waals surface area contributed by atoms with E-state index in [1.165, 1.54) is 5.56 Å². The first-order valence-corrected chi connectivity index (χ1v) is 9.98. The van der Waals surface area contributed by atoms with Gasteiger partial charge in [-0.05, 0) is 42.5 Å². The van der Waals surface area contributed by atoms with Gasteiger partial charge in [0.1, 0.15) is 12.3 Å². The predicted molar refractivity (Wildman–Crippen MR) is 111 cm³/mol. The number of ether oxygens (including phenoxy) is 2. The van der Waals surface area contributed by atoms with Crippen molar-refractivity contribution in [1.82, 2.24) is 10.2 Å².